The number of nitrogens with one attached hydrogen (secondary N) is 2. The van der Waals surface area contributed by atoms with E-state index < -0.39 is 35.0 Å². The molecule has 1 aromatic rings. The minimum absolute atomic E-state index is 0.156. The smallest absolute Gasteiger partial charge is 0.352 e. The number of allylic oxidation sites excluding steroid dienone is 1. The fourth-order valence-electron chi connectivity index (χ4n) is 2.62. The van der Waals surface area contributed by atoms with Gasteiger partial charge in [-0.25, -0.2) is 9.78 Å². The first-order chi connectivity index (χ1) is 12.9. The van der Waals surface area contributed by atoms with Crippen molar-refractivity contribution in [2.45, 2.75) is 11.4 Å². The van der Waals surface area contributed by atoms with Crippen molar-refractivity contribution >= 4 is 58.2 Å². The minimum atomic E-state index is -1.26. The lowest BCUT2D eigenvalue weighted by Gasteiger charge is -2.49. The average molecular weight is 408 g/mol. The number of carboxylic acid groups (broad SMARTS) is 1. The van der Waals surface area contributed by atoms with Crippen LogP contribution in [0.25, 0.3) is 0 Å². The van der Waals surface area contributed by atoms with Gasteiger partial charge in [-0.15, -0.1) is 23.1 Å². The standard InChI is InChI=1S/C15H12N4O6S2/c1-2-6-3-26-13-8(12(23)19(13)9(6)14(24)25)18-11(22)10(21)7-4-27-15(17-7)16-5-20/h2,4-5,8,13H,1,3H2,(H,18,22)(H,24,25)(H,16,17,20)/t8?,13-/m0/s1. The number of hydrogen-bond acceptors (Lipinski definition) is 8. The van der Waals surface area contributed by atoms with Crippen LogP contribution in [0, 0.1) is 0 Å². The number of β-lactam (4-membered cyclic amide) rings is 1. The van der Waals surface area contributed by atoms with E-state index >= 15 is 0 Å². The van der Waals surface area contributed by atoms with Gasteiger partial charge < -0.3 is 15.7 Å². The molecule has 12 heteroatoms. The molecule has 0 spiro atoms. The molecule has 0 aliphatic carbocycles. The Morgan fingerprint density at radius 3 is 2.78 bits per heavy atom. The van der Waals surface area contributed by atoms with E-state index in [0.717, 1.165) is 16.2 Å². The van der Waals surface area contributed by atoms with E-state index in [4.69, 9.17) is 0 Å². The lowest BCUT2D eigenvalue weighted by atomic mass is 10.0. The molecule has 2 aliphatic heterocycles. The molecule has 1 fully saturated rings. The maximum absolute atomic E-state index is 12.3. The highest BCUT2D eigenvalue weighted by atomic mass is 32.2. The third-order valence-electron chi connectivity index (χ3n) is 3.86. The van der Waals surface area contributed by atoms with Crippen molar-refractivity contribution in [1.82, 2.24) is 15.2 Å². The van der Waals surface area contributed by atoms with Crippen molar-refractivity contribution in [2.24, 2.45) is 0 Å². The van der Waals surface area contributed by atoms with Crippen LogP contribution in [0.2, 0.25) is 0 Å². The molecule has 3 N–H and O–H groups in total. The molecule has 3 rings (SSSR count). The fourth-order valence-corrected chi connectivity index (χ4v) is 4.61. The van der Waals surface area contributed by atoms with Gasteiger partial charge in [-0.05, 0) is 5.57 Å². The molecule has 0 bridgehead atoms. The van der Waals surface area contributed by atoms with E-state index in [2.05, 4.69) is 22.2 Å². The summed E-state index contributed by atoms with van der Waals surface area (Å²) in [7, 11) is 0. The molecule has 2 atom stereocenters. The molecule has 0 aromatic carbocycles. The Morgan fingerprint density at radius 1 is 1.41 bits per heavy atom. The van der Waals surface area contributed by atoms with Gasteiger partial charge in [-0.2, -0.15) is 0 Å². The summed E-state index contributed by atoms with van der Waals surface area (Å²) in [5, 5.41) is 14.8. The number of nitrogens with zero attached hydrogens (tertiary/aromatic N) is 2. The molecular weight excluding hydrogens is 396 g/mol. The number of ketones is 1. The van der Waals surface area contributed by atoms with E-state index in [1.807, 2.05) is 0 Å². The Morgan fingerprint density at radius 2 is 2.15 bits per heavy atom. The molecule has 1 aromatic heterocycles. The van der Waals surface area contributed by atoms with Crippen LogP contribution in [0.15, 0.2) is 29.3 Å². The summed E-state index contributed by atoms with van der Waals surface area (Å²) in [6.07, 6.45) is 1.77. The summed E-state index contributed by atoms with van der Waals surface area (Å²) in [6.45, 7) is 3.55. The van der Waals surface area contributed by atoms with Crippen molar-refractivity contribution in [2.75, 3.05) is 11.1 Å². The summed E-state index contributed by atoms with van der Waals surface area (Å²) in [5.41, 5.74) is 0.0807. The number of thioether (sulfide) groups is 1. The van der Waals surface area contributed by atoms with Gasteiger partial charge in [0.25, 0.3) is 17.6 Å². The number of fused-ring (bicyclic) bond motifs is 1. The van der Waals surface area contributed by atoms with Gasteiger partial charge in [0.1, 0.15) is 22.8 Å². The number of thiazole rings is 1. The number of carbonyl (C=O) groups is 5. The second kappa shape index (κ2) is 7.32. The van der Waals surface area contributed by atoms with Crippen LogP contribution in [0.5, 0.6) is 0 Å². The number of hydrogen-bond donors (Lipinski definition) is 3. The van der Waals surface area contributed by atoms with Gasteiger partial charge in [0.15, 0.2) is 5.13 Å². The molecule has 0 radical (unpaired) electrons. The third kappa shape index (κ3) is 3.24. The summed E-state index contributed by atoms with van der Waals surface area (Å²) in [4.78, 5) is 63.3. The molecule has 2 aliphatic rings. The van der Waals surface area contributed by atoms with Gasteiger partial charge in [0.2, 0.25) is 6.41 Å². The van der Waals surface area contributed by atoms with Crippen molar-refractivity contribution in [3.8, 4) is 0 Å². The topological polar surface area (TPSA) is 146 Å². The zero-order valence-corrected chi connectivity index (χ0v) is 15.1. The van der Waals surface area contributed by atoms with Crippen LogP contribution < -0.4 is 10.6 Å². The van der Waals surface area contributed by atoms with Crippen LogP contribution in [0.4, 0.5) is 5.13 Å². The Kier molecular flexibility index (Phi) is 5.10. The number of anilines is 1. The van der Waals surface area contributed by atoms with E-state index in [-0.39, 0.29) is 16.5 Å². The largest absolute Gasteiger partial charge is 0.477 e. The number of Topliss-reactive ketones (excluding diaryl/α,β-unsaturated/α-hetero) is 1. The van der Waals surface area contributed by atoms with Gasteiger partial charge >= 0.3 is 5.97 Å². The van der Waals surface area contributed by atoms with Gasteiger partial charge in [0.05, 0.1) is 0 Å². The zero-order valence-electron chi connectivity index (χ0n) is 13.5. The normalized spacial score (nSPS) is 21.0. The summed E-state index contributed by atoms with van der Waals surface area (Å²) >= 11 is 2.23. The van der Waals surface area contributed by atoms with Crippen molar-refractivity contribution in [3.05, 3.63) is 35.0 Å². The van der Waals surface area contributed by atoms with Crippen LogP contribution in [0.3, 0.4) is 0 Å². The zero-order chi connectivity index (χ0) is 19.7. The summed E-state index contributed by atoms with van der Waals surface area (Å²) in [6, 6.07) is -1.02. The van der Waals surface area contributed by atoms with E-state index in [0.29, 0.717) is 17.7 Å². The molecule has 10 nitrogen and oxygen atoms in total. The molecule has 3 heterocycles. The highest BCUT2D eigenvalue weighted by Crippen LogP contribution is 2.40. The monoisotopic (exact) mass is 408 g/mol. The van der Waals surface area contributed by atoms with E-state index in [1.54, 1.807) is 0 Å². The Hall–Kier alpha value is -2.99. The number of rotatable bonds is 7. The fraction of sp³-hybridized carbons (Fsp3) is 0.200. The van der Waals surface area contributed by atoms with Gasteiger partial charge in [-0.1, -0.05) is 12.7 Å². The molecule has 0 saturated carbocycles. The quantitative estimate of drug-likeness (QED) is 0.244. The number of carbonyl (C=O) groups excluding carboxylic acids is 4. The van der Waals surface area contributed by atoms with Gasteiger partial charge in [-0.3, -0.25) is 24.1 Å². The van der Waals surface area contributed by atoms with Crippen molar-refractivity contribution in [3.63, 3.8) is 0 Å². The van der Waals surface area contributed by atoms with Crippen LogP contribution in [0.1, 0.15) is 10.5 Å². The molecule has 1 unspecified atom stereocenters. The molecule has 140 valence electrons. The van der Waals surface area contributed by atoms with Crippen LogP contribution >= 0.6 is 23.1 Å². The molecule has 27 heavy (non-hydrogen) atoms. The Labute approximate surface area is 160 Å². The van der Waals surface area contributed by atoms with Crippen LogP contribution in [-0.4, -0.2) is 62.1 Å². The molecular formula is C15H12N4O6S2. The maximum atomic E-state index is 12.3. The first-order valence-corrected chi connectivity index (χ1v) is 9.36. The Balaban J connectivity index is 1.71. The molecule has 3 amide bonds. The predicted octanol–water partition coefficient (Wildman–Crippen LogP) is -0.181. The molecule has 1 saturated heterocycles. The second-order valence-electron chi connectivity index (χ2n) is 5.37. The SMILES string of the molecule is C=CC1=C(C(=O)O)N2C(=O)C(NC(=O)C(=O)c3csc(NC=O)n3)[C@@H]2SC1. The highest BCUT2D eigenvalue weighted by molar-refractivity contribution is 8.00. The summed E-state index contributed by atoms with van der Waals surface area (Å²) in [5.74, 6) is -3.56. The number of amides is 3. The maximum Gasteiger partial charge on any atom is 0.352 e. The lowest BCUT2D eigenvalue weighted by molar-refractivity contribution is -0.150. The lowest BCUT2D eigenvalue weighted by Crippen LogP contribution is -2.71. The minimum Gasteiger partial charge on any atom is -0.477 e. The van der Waals surface area contributed by atoms with Crippen LogP contribution in [-0.2, 0) is 19.2 Å². The van der Waals surface area contributed by atoms with Gasteiger partial charge in [0, 0.05) is 11.1 Å². The van der Waals surface area contributed by atoms with Crippen molar-refractivity contribution in [1.29, 1.82) is 0 Å². The van der Waals surface area contributed by atoms with E-state index in [1.165, 1.54) is 23.2 Å². The Bertz CT molecular complexity index is 908. The second-order valence-corrected chi connectivity index (χ2v) is 7.34. The average Bonchev–Trinajstić information content (AvgIpc) is 3.12. The highest BCUT2D eigenvalue weighted by Gasteiger charge is 2.54. The van der Waals surface area contributed by atoms with E-state index in [9.17, 15) is 29.1 Å². The summed E-state index contributed by atoms with van der Waals surface area (Å²) < 4.78 is 0. The van der Waals surface area contributed by atoms with Crippen molar-refractivity contribution < 1.29 is 29.1 Å². The number of carboxylic acids is 1. The third-order valence-corrected chi connectivity index (χ3v) is 5.93. The predicted molar refractivity (Wildman–Crippen MR) is 96.0 cm³/mol. The number of aromatic nitrogens is 1. The number of aliphatic carboxylic acids is 1. The first-order valence-electron chi connectivity index (χ1n) is 7.43. The first kappa shape index (κ1) is 18.8.